The molecule has 1 aromatic carbocycles. The standard InChI is InChI=1S/C30H40ClN3O7/c1-11-17-12-14-18(15-13-17)22-32-27(31)33-34(22)23-21(41-26(37)30(8,9)10)20(40-25(36)29(5,6)7)19(16-38-23)39-24(35)28(2,3)4/h11-15,19-21,23H,1,16H2,2-10H3/t19-,20+,21-,23-/m1/s1. The summed E-state index contributed by atoms with van der Waals surface area (Å²) in [6.45, 7) is 18.9. The van der Waals surface area contributed by atoms with Gasteiger partial charge in [-0.25, -0.2) is 4.68 Å². The zero-order valence-corrected chi connectivity index (χ0v) is 25.9. The van der Waals surface area contributed by atoms with E-state index in [-0.39, 0.29) is 11.9 Å². The maximum Gasteiger partial charge on any atom is 0.311 e. The van der Waals surface area contributed by atoms with Crippen molar-refractivity contribution in [1.29, 1.82) is 0 Å². The molecule has 4 atom stereocenters. The number of halogens is 1. The molecule has 10 nitrogen and oxygen atoms in total. The van der Waals surface area contributed by atoms with Gasteiger partial charge in [0.05, 0.1) is 22.9 Å². The SMILES string of the molecule is C=Cc1ccc(-c2nc(Cl)nn2[C@@H]2OC[C@@H](OC(=O)C(C)(C)C)[C@H](OC(=O)C(C)(C)C)[C@H]2OC(=O)C(C)(C)C)cc1. The van der Waals surface area contributed by atoms with Gasteiger partial charge in [0.1, 0.15) is 0 Å². The zero-order valence-electron chi connectivity index (χ0n) is 25.2. The van der Waals surface area contributed by atoms with Crippen molar-refractivity contribution in [3.8, 4) is 11.4 Å². The second-order valence-corrected chi connectivity index (χ2v) is 13.5. The van der Waals surface area contributed by atoms with E-state index in [1.807, 2.05) is 24.3 Å². The lowest BCUT2D eigenvalue weighted by Gasteiger charge is -2.42. The number of aromatic nitrogens is 3. The summed E-state index contributed by atoms with van der Waals surface area (Å²) in [7, 11) is 0. The minimum absolute atomic E-state index is 0.0678. The van der Waals surface area contributed by atoms with Crippen molar-refractivity contribution in [2.75, 3.05) is 6.61 Å². The van der Waals surface area contributed by atoms with Crippen LogP contribution in [0.5, 0.6) is 0 Å². The van der Waals surface area contributed by atoms with Crippen molar-refractivity contribution in [3.63, 3.8) is 0 Å². The van der Waals surface area contributed by atoms with Crippen molar-refractivity contribution in [1.82, 2.24) is 14.8 Å². The molecule has 0 bridgehead atoms. The lowest BCUT2D eigenvalue weighted by Crippen LogP contribution is -2.57. The van der Waals surface area contributed by atoms with Gasteiger partial charge in [0.2, 0.25) is 5.28 Å². The van der Waals surface area contributed by atoms with Crippen LogP contribution in [0.1, 0.15) is 74.1 Å². The van der Waals surface area contributed by atoms with Gasteiger partial charge in [0, 0.05) is 5.56 Å². The Bertz CT molecular complexity index is 1280. The molecule has 0 radical (unpaired) electrons. The first-order valence-electron chi connectivity index (χ1n) is 13.4. The van der Waals surface area contributed by atoms with Gasteiger partial charge in [-0.3, -0.25) is 14.4 Å². The highest BCUT2D eigenvalue weighted by atomic mass is 35.5. The molecule has 0 unspecified atom stereocenters. The Morgan fingerprint density at radius 1 is 0.878 bits per heavy atom. The fraction of sp³-hybridized carbons (Fsp3) is 0.567. The Kier molecular flexibility index (Phi) is 9.40. The Labute approximate surface area is 246 Å². The summed E-state index contributed by atoms with van der Waals surface area (Å²) in [6.07, 6.45) is -2.99. The molecule has 0 amide bonds. The Hall–Kier alpha value is -3.24. The van der Waals surface area contributed by atoms with Crippen LogP contribution in [0.25, 0.3) is 17.5 Å². The van der Waals surface area contributed by atoms with Crippen LogP contribution >= 0.6 is 11.6 Å². The number of carbonyl (C=O) groups is 3. The van der Waals surface area contributed by atoms with Gasteiger partial charge in [-0.15, -0.1) is 5.10 Å². The topological polar surface area (TPSA) is 119 Å². The molecule has 1 aliphatic heterocycles. The van der Waals surface area contributed by atoms with Crippen LogP contribution in [-0.2, 0) is 33.3 Å². The van der Waals surface area contributed by atoms with Crippen LogP contribution in [0.15, 0.2) is 30.8 Å². The summed E-state index contributed by atoms with van der Waals surface area (Å²) in [6, 6.07) is 7.34. The molecule has 1 aliphatic rings. The number of carbonyl (C=O) groups excluding carboxylic acids is 3. The molecule has 11 heteroatoms. The highest BCUT2D eigenvalue weighted by Gasteiger charge is 2.51. The fourth-order valence-electron chi connectivity index (χ4n) is 3.69. The van der Waals surface area contributed by atoms with Crippen molar-refractivity contribution < 1.29 is 33.3 Å². The van der Waals surface area contributed by atoms with Crippen LogP contribution in [0.3, 0.4) is 0 Å². The van der Waals surface area contributed by atoms with Gasteiger partial charge >= 0.3 is 17.9 Å². The number of benzene rings is 1. The average molecular weight is 590 g/mol. The molecule has 1 aromatic heterocycles. The molecule has 1 saturated heterocycles. The summed E-state index contributed by atoms with van der Waals surface area (Å²) < 4.78 is 25.3. The highest BCUT2D eigenvalue weighted by molar-refractivity contribution is 6.28. The van der Waals surface area contributed by atoms with Crippen LogP contribution in [0, 0.1) is 16.2 Å². The first-order chi connectivity index (χ1) is 18.8. The molecule has 0 N–H and O–H groups in total. The quantitative estimate of drug-likeness (QED) is 0.311. The van der Waals surface area contributed by atoms with Gasteiger partial charge in [0.25, 0.3) is 0 Å². The Morgan fingerprint density at radius 3 is 1.85 bits per heavy atom. The summed E-state index contributed by atoms with van der Waals surface area (Å²) in [5.74, 6) is -1.36. The summed E-state index contributed by atoms with van der Waals surface area (Å²) in [5, 5.41) is 4.28. The molecular weight excluding hydrogens is 550 g/mol. The fourth-order valence-corrected chi connectivity index (χ4v) is 3.85. The van der Waals surface area contributed by atoms with Gasteiger partial charge in [-0.05, 0) is 79.5 Å². The van der Waals surface area contributed by atoms with Gasteiger partial charge in [0.15, 0.2) is 30.4 Å². The monoisotopic (exact) mass is 589 g/mol. The highest BCUT2D eigenvalue weighted by Crippen LogP contribution is 2.36. The molecule has 2 aromatic rings. The molecule has 0 saturated carbocycles. The van der Waals surface area contributed by atoms with Gasteiger partial charge in [-0.2, -0.15) is 4.98 Å². The van der Waals surface area contributed by atoms with Crippen molar-refractivity contribution in [3.05, 3.63) is 41.7 Å². The predicted molar refractivity (Wildman–Crippen MR) is 154 cm³/mol. The smallest absolute Gasteiger partial charge is 0.311 e. The zero-order chi connectivity index (χ0) is 30.9. The Morgan fingerprint density at radius 2 is 1.37 bits per heavy atom. The minimum atomic E-state index is -1.27. The van der Waals surface area contributed by atoms with Crippen molar-refractivity contribution in [2.24, 2.45) is 16.2 Å². The van der Waals surface area contributed by atoms with E-state index in [1.165, 1.54) is 4.68 Å². The summed E-state index contributed by atoms with van der Waals surface area (Å²) >= 11 is 6.27. The second-order valence-electron chi connectivity index (χ2n) is 13.1. The summed E-state index contributed by atoms with van der Waals surface area (Å²) in [4.78, 5) is 43.7. The molecule has 2 heterocycles. The number of esters is 3. The summed E-state index contributed by atoms with van der Waals surface area (Å²) in [5.41, 5.74) is -1.11. The molecule has 1 fully saturated rings. The lowest BCUT2D eigenvalue weighted by molar-refractivity contribution is -0.249. The van der Waals surface area contributed by atoms with E-state index in [1.54, 1.807) is 68.4 Å². The van der Waals surface area contributed by atoms with E-state index < -0.39 is 58.7 Å². The number of rotatable bonds is 6. The van der Waals surface area contributed by atoms with Crippen molar-refractivity contribution >= 4 is 35.6 Å². The molecular formula is C30H40ClN3O7. The first-order valence-corrected chi connectivity index (χ1v) is 13.8. The third-order valence-corrected chi connectivity index (χ3v) is 6.40. The average Bonchev–Trinajstić information content (AvgIpc) is 3.25. The molecule has 41 heavy (non-hydrogen) atoms. The normalized spacial score (nSPS) is 21.6. The van der Waals surface area contributed by atoms with E-state index in [0.717, 1.165) is 5.56 Å². The van der Waals surface area contributed by atoms with E-state index >= 15 is 0 Å². The molecule has 224 valence electrons. The maximum atomic E-state index is 13.2. The van der Waals surface area contributed by atoms with Gasteiger partial charge < -0.3 is 18.9 Å². The number of hydrogen-bond donors (Lipinski definition) is 0. The van der Waals surface area contributed by atoms with Gasteiger partial charge in [-0.1, -0.05) is 36.9 Å². The van der Waals surface area contributed by atoms with Crippen LogP contribution in [0.4, 0.5) is 0 Å². The Balaban J connectivity index is 2.15. The molecule has 0 aliphatic carbocycles. The maximum absolute atomic E-state index is 13.2. The minimum Gasteiger partial charge on any atom is -0.455 e. The van der Waals surface area contributed by atoms with Crippen LogP contribution in [0.2, 0.25) is 5.28 Å². The second kappa shape index (κ2) is 11.9. The molecule has 0 spiro atoms. The molecule has 3 rings (SSSR count). The third kappa shape index (κ3) is 7.74. The number of nitrogens with zero attached hydrogens (tertiary/aromatic N) is 3. The van der Waals surface area contributed by atoms with E-state index in [2.05, 4.69) is 16.7 Å². The van der Waals surface area contributed by atoms with E-state index in [4.69, 9.17) is 30.5 Å². The van der Waals surface area contributed by atoms with Crippen molar-refractivity contribution in [2.45, 2.75) is 86.9 Å². The number of ether oxygens (including phenoxy) is 4. The first kappa shape index (κ1) is 32.3. The van der Waals surface area contributed by atoms with Crippen LogP contribution in [-0.4, -0.2) is 57.6 Å². The lowest BCUT2D eigenvalue weighted by atomic mass is 9.94. The van der Waals surface area contributed by atoms with E-state index in [9.17, 15) is 14.4 Å². The third-order valence-electron chi connectivity index (χ3n) is 6.24. The van der Waals surface area contributed by atoms with Crippen LogP contribution < -0.4 is 0 Å². The van der Waals surface area contributed by atoms with E-state index in [0.29, 0.717) is 11.4 Å². The predicted octanol–water partition coefficient (Wildman–Crippen LogP) is 5.64. The number of hydrogen-bond acceptors (Lipinski definition) is 9. The largest absolute Gasteiger partial charge is 0.455 e.